The van der Waals surface area contributed by atoms with Gasteiger partial charge in [-0.15, -0.1) is 0 Å². The zero-order chi connectivity index (χ0) is 23.3. The van der Waals surface area contributed by atoms with Crippen LogP contribution in [0.1, 0.15) is 37.2 Å². The molecule has 1 aromatic carbocycles. The van der Waals surface area contributed by atoms with Crippen molar-refractivity contribution in [3.05, 3.63) is 48.4 Å². The van der Waals surface area contributed by atoms with Crippen LogP contribution in [0.4, 0.5) is 0 Å². The van der Waals surface area contributed by atoms with Crippen molar-refractivity contribution >= 4 is 29.2 Å². The molecule has 1 aliphatic rings. The number of carbonyl (C=O) groups is 1. The van der Waals surface area contributed by atoms with Gasteiger partial charge in [0.2, 0.25) is 6.41 Å². The molecule has 0 bridgehead atoms. The number of methoxy groups -OCH3 is 1. The standard InChI is InChI=1S/C23H29N5O.CH3NO/c1-5-11-28-22(15(2)24)21(26-23(28)16-9-12-27(3)13-10-16)18-14-17-7-6-8-19(29-4)20(17)25-18;2-1-3/h5-8,11,14,16,25H,2,9-10,12-13,24H2,1,3-4H3;1H,(H2,2,3)/b11-5-;. The predicted octanol–water partition coefficient (Wildman–Crippen LogP) is 3.37. The van der Waals surface area contributed by atoms with Gasteiger partial charge in [-0.25, -0.2) is 4.98 Å². The first kappa shape index (κ1) is 23.1. The van der Waals surface area contributed by atoms with Crippen LogP contribution >= 0.6 is 0 Å². The Morgan fingerprint density at radius 3 is 2.62 bits per heavy atom. The van der Waals surface area contributed by atoms with Crippen LogP contribution in [0.25, 0.3) is 34.2 Å². The van der Waals surface area contributed by atoms with Gasteiger partial charge in [0.1, 0.15) is 17.3 Å². The van der Waals surface area contributed by atoms with Crippen molar-refractivity contribution in [2.45, 2.75) is 25.7 Å². The predicted molar refractivity (Wildman–Crippen MR) is 130 cm³/mol. The molecule has 1 saturated heterocycles. The summed E-state index contributed by atoms with van der Waals surface area (Å²) in [4.78, 5) is 19.5. The molecule has 4 rings (SSSR count). The van der Waals surface area contributed by atoms with Crippen molar-refractivity contribution in [3.8, 4) is 17.1 Å². The number of nitrogens with zero attached hydrogens (tertiary/aromatic N) is 3. The minimum Gasteiger partial charge on any atom is -0.495 e. The molecule has 1 amide bonds. The summed E-state index contributed by atoms with van der Waals surface area (Å²) in [5.74, 6) is 2.26. The number of aromatic nitrogens is 3. The quantitative estimate of drug-likeness (QED) is 0.531. The smallest absolute Gasteiger partial charge is 0.204 e. The molecule has 3 aromatic rings. The van der Waals surface area contributed by atoms with Crippen molar-refractivity contribution in [3.63, 3.8) is 0 Å². The number of likely N-dealkylation sites (tertiary alicyclic amines) is 1. The van der Waals surface area contributed by atoms with Crippen molar-refractivity contribution in [2.75, 3.05) is 27.2 Å². The number of rotatable bonds is 5. The van der Waals surface area contributed by atoms with Gasteiger partial charge in [0.05, 0.1) is 29.7 Å². The van der Waals surface area contributed by atoms with E-state index < -0.39 is 0 Å². The van der Waals surface area contributed by atoms with Crippen LogP contribution in [0.5, 0.6) is 5.75 Å². The monoisotopic (exact) mass is 436 g/mol. The molecule has 8 nitrogen and oxygen atoms in total. The van der Waals surface area contributed by atoms with Crippen LogP contribution in [0.3, 0.4) is 0 Å². The number of para-hydroxylation sites is 1. The highest BCUT2D eigenvalue weighted by Gasteiger charge is 2.27. The maximum atomic E-state index is 8.58. The summed E-state index contributed by atoms with van der Waals surface area (Å²) in [6.45, 7) is 8.21. The summed E-state index contributed by atoms with van der Waals surface area (Å²) < 4.78 is 7.63. The Hall–Kier alpha value is -3.52. The molecule has 0 saturated carbocycles. The van der Waals surface area contributed by atoms with Crippen LogP contribution in [-0.2, 0) is 4.79 Å². The lowest BCUT2D eigenvalue weighted by Gasteiger charge is -2.28. The lowest BCUT2D eigenvalue weighted by Crippen LogP contribution is -2.30. The highest BCUT2D eigenvalue weighted by molar-refractivity contribution is 5.91. The number of fused-ring (bicyclic) bond motifs is 1. The van der Waals surface area contributed by atoms with E-state index in [2.05, 4.69) is 45.9 Å². The number of allylic oxidation sites excluding steroid dienone is 1. The number of hydrogen-bond donors (Lipinski definition) is 3. The van der Waals surface area contributed by atoms with Gasteiger partial charge in [-0.2, -0.15) is 0 Å². The van der Waals surface area contributed by atoms with Crippen molar-refractivity contribution in [2.24, 2.45) is 11.5 Å². The van der Waals surface area contributed by atoms with Gasteiger partial charge < -0.3 is 30.7 Å². The molecule has 0 aliphatic carbocycles. The molecule has 0 atom stereocenters. The highest BCUT2D eigenvalue weighted by Crippen LogP contribution is 2.36. The first-order valence-corrected chi connectivity index (χ1v) is 10.6. The molecule has 170 valence electrons. The molecule has 1 aliphatic heterocycles. The number of hydrogen-bond acceptors (Lipinski definition) is 5. The molecular formula is C24H32N6O2. The fourth-order valence-electron chi connectivity index (χ4n) is 4.23. The number of ether oxygens (including phenoxy) is 1. The molecule has 5 N–H and O–H groups in total. The zero-order valence-electron chi connectivity index (χ0n) is 19.0. The summed E-state index contributed by atoms with van der Waals surface area (Å²) in [7, 11) is 3.85. The van der Waals surface area contributed by atoms with E-state index in [9.17, 15) is 0 Å². The summed E-state index contributed by atoms with van der Waals surface area (Å²) in [6, 6.07) is 8.11. The van der Waals surface area contributed by atoms with E-state index in [1.54, 1.807) is 7.11 Å². The van der Waals surface area contributed by atoms with Crippen LogP contribution in [-0.4, -0.2) is 53.1 Å². The maximum Gasteiger partial charge on any atom is 0.204 e. The Bertz CT molecular complexity index is 1120. The minimum absolute atomic E-state index is 0.250. The Morgan fingerprint density at radius 1 is 1.34 bits per heavy atom. The lowest BCUT2D eigenvalue weighted by molar-refractivity contribution is -0.106. The molecule has 3 heterocycles. The number of nitrogens with one attached hydrogen (secondary N) is 1. The summed E-state index contributed by atoms with van der Waals surface area (Å²) in [5, 5.41) is 1.08. The summed E-state index contributed by atoms with van der Waals surface area (Å²) in [5.41, 5.74) is 14.5. The second-order valence-electron chi connectivity index (χ2n) is 7.87. The van der Waals surface area contributed by atoms with Crippen LogP contribution < -0.4 is 16.2 Å². The van der Waals surface area contributed by atoms with Gasteiger partial charge >= 0.3 is 0 Å². The first-order chi connectivity index (χ1) is 15.4. The van der Waals surface area contributed by atoms with Crippen molar-refractivity contribution in [1.82, 2.24) is 19.4 Å². The van der Waals surface area contributed by atoms with Crippen molar-refractivity contribution in [1.29, 1.82) is 0 Å². The van der Waals surface area contributed by atoms with E-state index in [1.165, 1.54) is 0 Å². The number of carbonyl (C=O) groups excluding carboxylic acids is 1. The normalized spacial score (nSPS) is 15.0. The zero-order valence-corrected chi connectivity index (χ0v) is 19.0. The molecule has 0 radical (unpaired) electrons. The van der Waals surface area contributed by atoms with E-state index >= 15 is 0 Å². The molecule has 1 fully saturated rings. The van der Waals surface area contributed by atoms with Crippen molar-refractivity contribution < 1.29 is 9.53 Å². The lowest BCUT2D eigenvalue weighted by atomic mass is 9.96. The van der Waals surface area contributed by atoms with Gasteiger partial charge in [0, 0.05) is 17.5 Å². The van der Waals surface area contributed by atoms with Crippen LogP contribution in [0, 0.1) is 0 Å². The van der Waals surface area contributed by atoms with Gasteiger partial charge in [0.15, 0.2) is 0 Å². The number of benzene rings is 1. The van der Waals surface area contributed by atoms with Crippen LogP contribution in [0.2, 0.25) is 0 Å². The molecular weight excluding hydrogens is 404 g/mol. The largest absolute Gasteiger partial charge is 0.495 e. The third kappa shape index (κ3) is 4.55. The van der Waals surface area contributed by atoms with E-state index in [1.807, 2.05) is 31.3 Å². The maximum absolute atomic E-state index is 8.58. The number of primary amides is 1. The third-order valence-electron chi connectivity index (χ3n) is 5.72. The van der Waals surface area contributed by atoms with Gasteiger partial charge in [-0.05, 0) is 52.0 Å². The Balaban J connectivity index is 0.000000913. The average molecular weight is 437 g/mol. The van der Waals surface area contributed by atoms with Gasteiger partial charge in [-0.1, -0.05) is 24.8 Å². The summed E-state index contributed by atoms with van der Waals surface area (Å²) in [6.07, 6.45) is 6.48. The van der Waals surface area contributed by atoms with Gasteiger partial charge in [0.25, 0.3) is 0 Å². The number of amides is 1. The van der Waals surface area contributed by atoms with E-state index in [4.69, 9.17) is 20.2 Å². The average Bonchev–Trinajstić information content (AvgIpc) is 3.37. The Labute approximate surface area is 188 Å². The molecule has 32 heavy (non-hydrogen) atoms. The minimum atomic E-state index is 0.250. The fourth-order valence-corrected chi connectivity index (χ4v) is 4.23. The third-order valence-corrected chi connectivity index (χ3v) is 5.72. The molecule has 0 spiro atoms. The number of aromatic amines is 1. The van der Waals surface area contributed by atoms with E-state index in [0.29, 0.717) is 11.6 Å². The second-order valence-corrected chi connectivity index (χ2v) is 7.87. The Kier molecular flexibility index (Phi) is 7.37. The molecule has 2 aromatic heterocycles. The highest BCUT2D eigenvalue weighted by atomic mass is 16.5. The Morgan fingerprint density at radius 2 is 2.03 bits per heavy atom. The number of nitrogens with two attached hydrogens (primary N) is 2. The second kappa shape index (κ2) is 10.2. The number of piperidine rings is 1. The van der Waals surface area contributed by atoms with E-state index in [-0.39, 0.29) is 6.41 Å². The van der Waals surface area contributed by atoms with E-state index in [0.717, 1.165) is 65.5 Å². The van der Waals surface area contributed by atoms with Gasteiger partial charge in [-0.3, -0.25) is 4.79 Å². The molecule has 0 unspecified atom stereocenters. The van der Waals surface area contributed by atoms with Crippen LogP contribution in [0.15, 0.2) is 36.9 Å². The summed E-state index contributed by atoms with van der Waals surface area (Å²) >= 11 is 0. The fraction of sp³-hybridized carbons (Fsp3) is 0.333. The first-order valence-electron chi connectivity index (χ1n) is 10.6. The SMILES string of the molecule is C=C(N)c1c(-c2cc3cccc(OC)c3[nH]2)nc(C2CCN(C)CC2)n1/C=C\C.NC=O. The molecule has 8 heteroatoms. The topological polar surface area (TPSA) is 115 Å². The number of imidazole rings is 1. The number of H-pyrrole nitrogens is 1.